The van der Waals surface area contributed by atoms with Gasteiger partial charge in [-0.15, -0.1) is 0 Å². The summed E-state index contributed by atoms with van der Waals surface area (Å²) in [5.41, 5.74) is 0. The Kier molecular flexibility index (Phi) is 1.81. The summed E-state index contributed by atoms with van der Waals surface area (Å²) >= 11 is 5.65. The zero-order valence-corrected chi connectivity index (χ0v) is 6.06. The first-order valence-electron chi connectivity index (χ1n) is 2.88. The average Bonchev–Trinajstić information content (AvgIpc) is 2.13. The molecule has 0 radical (unpaired) electrons. The molecule has 2 atom stereocenters. The second-order valence-corrected chi connectivity index (χ2v) is 2.63. The van der Waals surface area contributed by atoms with Crippen molar-refractivity contribution in [2.45, 2.75) is 13.0 Å². The zero-order chi connectivity index (χ0) is 6.85. The Labute approximate surface area is 60.0 Å². The van der Waals surface area contributed by atoms with Gasteiger partial charge in [-0.3, -0.25) is 0 Å². The fourth-order valence-electron chi connectivity index (χ4n) is 0.854. The van der Waals surface area contributed by atoms with E-state index < -0.39 is 0 Å². The van der Waals surface area contributed by atoms with Crippen LogP contribution >= 0.6 is 11.6 Å². The van der Waals surface area contributed by atoms with Crippen molar-refractivity contribution in [2.75, 3.05) is 0 Å². The summed E-state index contributed by atoms with van der Waals surface area (Å²) in [4.78, 5) is 0. The van der Waals surface area contributed by atoms with E-state index in [1.54, 1.807) is 6.26 Å². The SMILES string of the molecule is C=C(Cl)C1C=COC1C. The fourth-order valence-corrected chi connectivity index (χ4v) is 1.10. The van der Waals surface area contributed by atoms with Crippen LogP contribution in [0, 0.1) is 5.92 Å². The Balaban J connectivity index is 2.59. The molecule has 1 aliphatic rings. The molecule has 0 aromatic heterocycles. The van der Waals surface area contributed by atoms with Gasteiger partial charge < -0.3 is 4.74 Å². The summed E-state index contributed by atoms with van der Waals surface area (Å²) in [5, 5.41) is 0.649. The molecular weight excluding hydrogens is 136 g/mol. The third-order valence-corrected chi connectivity index (χ3v) is 1.70. The van der Waals surface area contributed by atoms with Crippen molar-refractivity contribution in [3.05, 3.63) is 23.9 Å². The summed E-state index contributed by atoms with van der Waals surface area (Å²) in [6.45, 7) is 5.59. The van der Waals surface area contributed by atoms with Gasteiger partial charge in [-0.25, -0.2) is 0 Å². The molecule has 0 aromatic carbocycles. The van der Waals surface area contributed by atoms with Gasteiger partial charge in [0.25, 0.3) is 0 Å². The quantitative estimate of drug-likeness (QED) is 0.549. The highest BCUT2D eigenvalue weighted by Gasteiger charge is 2.20. The molecule has 0 amide bonds. The molecule has 1 rings (SSSR count). The maximum atomic E-state index is 5.65. The maximum absolute atomic E-state index is 5.65. The van der Waals surface area contributed by atoms with Gasteiger partial charge in [0.2, 0.25) is 0 Å². The predicted molar refractivity (Wildman–Crippen MR) is 38.2 cm³/mol. The van der Waals surface area contributed by atoms with Crippen LogP contribution in [0.5, 0.6) is 0 Å². The lowest BCUT2D eigenvalue weighted by molar-refractivity contribution is 0.166. The van der Waals surface area contributed by atoms with Gasteiger partial charge in [-0.2, -0.15) is 0 Å². The highest BCUT2D eigenvalue weighted by atomic mass is 35.5. The number of ether oxygens (including phenoxy) is 1. The van der Waals surface area contributed by atoms with E-state index in [4.69, 9.17) is 16.3 Å². The van der Waals surface area contributed by atoms with Gasteiger partial charge in [0, 0.05) is 5.03 Å². The minimum Gasteiger partial charge on any atom is -0.498 e. The fraction of sp³-hybridized carbons (Fsp3) is 0.429. The van der Waals surface area contributed by atoms with Crippen LogP contribution in [0.3, 0.4) is 0 Å². The smallest absolute Gasteiger partial charge is 0.106 e. The van der Waals surface area contributed by atoms with Crippen LogP contribution in [0.1, 0.15) is 6.92 Å². The van der Waals surface area contributed by atoms with Crippen LogP contribution in [0.2, 0.25) is 0 Å². The Morgan fingerprint density at radius 3 is 2.67 bits per heavy atom. The minimum absolute atomic E-state index is 0.162. The molecule has 0 aliphatic carbocycles. The molecule has 0 fully saturated rings. The normalized spacial score (nSPS) is 32.2. The standard InChI is InChI=1S/C7H9ClO/c1-5(8)7-3-4-9-6(7)2/h3-4,6-7H,1H2,2H3. The van der Waals surface area contributed by atoms with Crippen molar-refractivity contribution >= 4 is 11.6 Å². The molecule has 0 spiro atoms. The number of hydrogen-bond acceptors (Lipinski definition) is 1. The van der Waals surface area contributed by atoms with Gasteiger partial charge >= 0.3 is 0 Å². The van der Waals surface area contributed by atoms with Crippen molar-refractivity contribution in [1.29, 1.82) is 0 Å². The highest BCUT2D eigenvalue weighted by molar-refractivity contribution is 6.29. The molecule has 1 nitrogen and oxygen atoms in total. The predicted octanol–water partition coefficient (Wildman–Crippen LogP) is 2.29. The van der Waals surface area contributed by atoms with E-state index in [0.717, 1.165) is 0 Å². The molecule has 0 saturated heterocycles. The summed E-state index contributed by atoms with van der Waals surface area (Å²) in [5.74, 6) is 0.201. The van der Waals surface area contributed by atoms with Crippen molar-refractivity contribution in [3.63, 3.8) is 0 Å². The van der Waals surface area contributed by atoms with Crippen molar-refractivity contribution < 1.29 is 4.74 Å². The van der Waals surface area contributed by atoms with Crippen molar-refractivity contribution in [3.8, 4) is 0 Å². The average molecular weight is 145 g/mol. The van der Waals surface area contributed by atoms with Crippen LogP contribution in [-0.2, 0) is 4.74 Å². The van der Waals surface area contributed by atoms with Crippen LogP contribution in [-0.4, -0.2) is 6.10 Å². The second kappa shape index (κ2) is 2.44. The van der Waals surface area contributed by atoms with Crippen molar-refractivity contribution in [2.24, 2.45) is 5.92 Å². The van der Waals surface area contributed by atoms with E-state index in [-0.39, 0.29) is 12.0 Å². The summed E-state index contributed by atoms with van der Waals surface area (Å²) in [7, 11) is 0. The van der Waals surface area contributed by atoms with Crippen LogP contribution in [0.25, 0.3) is 0 Å². The molecule has 0 aromatic rings. The van der Waals surface area contributed by atoms with Crippen LogP contribution in [0.4, 0.5) is 0 Å². The summed E-state index contributed by atoms with van der Waals surface area (Å²) in [6, 6.07) is 0. The van der Waals surface area contributed by atoms with Gasteiger partial charge in [0.1, 0.15) is 6.10 Å². The van der Waals surface area contributed by atoms with E-state index in [2.05, 4.69) is 6.58 Å². The van der Waals surface area contributed by atoms with Gasteiger partial charge in [0.05, 0.1) is 12.2 Å². The van der Waals surface area contributed by atoms with Gasteiger partial charge in [-0.1, -0.05) is 18.2 Å². The van der Waals surface area contributed by atoms with E-state index in [1.165, 1.54) is 0 Å². The van der Waals surface area contributed by atoms with E-state index >= 15 is 0 Å². The molecule has 1 heterocycles. The lowest BCUT2D eigenvalue weighted by Gasteiger charge is -2.10. The molecule has 50 valence electrons. The highest BCUT2D eigenvalue weighted by Crippen LogP contribution is 2.25. The first-order valence-corrected chi connectivity index (χ1v) is 3.26. The van der Waals surface area contributed by atoms with E-state index in [9.17, 15) is 0 Å². The number of hydrogen-bond donors (Lipinski definition) is 0. The Morgan fingerprint density at radius 1 is 1.78 bits per heavy atom. The zero-order valence-electron chi connectivity index (χ0n) is 5.30. The Bertz CT molecular complexity index is 151. The number of rotatable bonds is 1. The molecule has 0 saturated carbocycles. The van der Waals surface area contributed by atoms with Gasteiger partial charge in [-0.05, 0) is 13.0 Å². The largest absolute Gasteiger partial charge is 0.498 e. The third-order valence-electron chi connectivity index (χ3n) is 1.45. The Hall–Kier alpha value is -0.430. The summed E-state index contributed by atoms with van der Waals surface area (Å²) in [6.07, 6.45) is 3.75. The van der Waals surface area contributed by atoms with E-state index in [0.29, 0.717) is 5.03 Å². The lowest BCUT2D eigenvalue weighted by Crippen LogP contribution is -2.10. The van der Waals surface area contributed by atoms with E-state index in [1.807, 2.05) is 13.0 Å². The second-order valence-electron chi connectivity index (χ2n) is 2.14. The molecule has 0 bridgehead atoms. The molecule has 1 aliphatic heterocycles. The monoisotopic (exact) mass is 144 g/mol. The summed E-state index contributed by atoms with van der Waals surface area (Å²) < 4.78 is 5.10. The molecule has 2 unspecified atom stereocenters. The molecule has 0 N–H and O–H groups in total. The molecular formula is C7H9ClO. The third kappa shape index (κ3) is 1.28. The first-order chi connectivity index (χ1) is 4.22. The van der Waals surface area contributed by atoms with Crippen LogP contribution < -0.4 is 0 Å². The molecule has 9 heavy (non-hydrogen) atoms. The van der Waals surface area contributed by atoms with Crippen molar-refractivity contribution in [1.82, 2.24) is 0 Å². The maximum Gasteiger partial charge on any atom is 0.106 e. The van der Waals surface area contributed by atoms with Gasteiger partial charge in [0.15, 0.2) is 0 Å². The molecule has 2 heteroatoms. The lowest BCUT2D eigenvalue weighted by atomic mass is 10.1. The Morgan fingerprint density at radius 2 is 2.44 bits per heavy atom. The topological polar surface area (TPSA) is 9.23 Å². The first kappa shape index (κ1) is 6.69. The van der Waals surface area contributed by atoms with Crippen LogP contribution in [0.15, 0.2) is 23.9 Å². The number of halogens is 1. The minimum atomic E-state index is 0.162.